The van der Waals surface area contributed by atoms with E-state index in [2.05, 4.69) is 5.32 Å². The van der Waals surface area contributed by atoms with E-state index >= 15 is 0 Å². The first-order valence-electron chi connectivity index (χ1n) is 10.6. The maximum atomic E-state index is 11.8. The SMILES string of the molecule is O=[C]CCC(NC(=O)CCCCCCCCCCCCCCC(=O)O)C(=O)O. The van der Waals surface area contributed by atoms with Crippen molar-refractivity contribution >= 4 is 24.1 Å². The molecule has 0 aliphatic heterocycles. The van der Waals surface area contributed by atoms with E-state index in [-0.39, 0.29) is 25.2 Å². The van der Waals surface area contributed by atoms with Gasteiger partial charge in [-0.2, -0.15) is 0 Å². The second kappa shape index (κ2) is 18.4. The maximum Gasteiger partial charge on any atom is 0.326 e. The molecule has 0 aromatic rings. The molecule has 0 rings (SSSR count). The first-order valence-corrected chi connectivity index (χ1v) is 10.6. The molecule has 0 saturated carbocycles. The molecule has 1 unspecified atom stereocenters. The van der Waals surface area contributed by atoms with Gasteiger partial charge in [0.25, 0.3) is 0 Å². The number of unbranched alkanes of at least 4 members (excludes halogenated alkanes) is 11. The monoisotopic (exact) mass is 398 g/mol. The summed E-state index contributed by atoms with van der Waals surface area (Å²) in [5, 5.41) is 20.0. The minimum Gasteiger partial charge on any atom is -0.481 e. The van der Waals surface area contributed by atoms with Crippen molar-refractivity contribution in [3.63, 3.8) is 0 Å². The standard InChI is InChI=1S/C21H36NO6/c23-17-13-14-18(21(27)28)22-19(24)15-11-9-7-5-3-1-2-4-6-8-10-12-16-20(25)26/h18H,1-16H2,(H,22,24)(H,25,26)(H,27,28). The van der Waals surface area contributed by atoms with Crippen LogP contribution in [0.1, 0.15) is 103 Å². The summed E-state index contributed by atoms with van der Waals surface area (Å²) >= 11 is 0. The summed E-state index contributed by atoms with van der Waals surface area (Å²) in [7, 11) is 0. The summed E-state index contributed by atoms with van der Waals surface area (Å²) in [5.74, 6) is -2.11. The van der Waals surface area contributed by atoms with Gasteiger partial charge in [0.15, 0.2) is 6.29 Å². The van der Waals surface area contributed by atoms with Crippen LogP contribution in [0.5, 0.6) is 0 Å². The minimum absolute atomic E-state index is 0.00195. The van der Waals surface area contributed by atoms with E-state index in [0.29, 0.717) is 6.42 Å². The number of nitrogens with one attached hydrogen (secondary N) is 1. The number of rotatable bonds is 20. The fourth-order valence-electron chi connectivity index (χ4n) is 3.06. The van der Waals surface area contributed by atoms with Gasteiger partial charge in [0.2, 0.25) is 5.91 Å². The van der Waals surface area contributed by atoms with Gasteiger partial charge in [-0.25, -0.2) is 4.79 Å². The number of carboxylic acid groups (broad SMARTS) is 2. The molecule has 0 aromatic carbocycles. The van der Waals surface area contributed by atoms with Crippen LogP contribution in [0.15, 0.2) is 0 Å². The second-order valence-corrected chi connectivity index (χ2v) is 7.28. The van der Waals surface area contributed by atoms with Crippen molar-refractivity contribution < 1.29 is 29.4 Å². The molecule has 0 aliphatic carbocycles. The molecule has 0 heterocycles. The van der Waals surface area contributed by atoms with Crippen molar-refractivity contribution in [1.82, 2.24) is 5.32 Å². The Balaban J connectivity index is 3.42. The lowest BCUT2D eigenvalue weighted by atomic mass is 10.0. The lowest BCUT2D eigenvalue weighted by Crippen LogP contribution is -2.40. The highest BCUT2D eigenvalue weighted by Gasteiger charge is 2.18. The molecule has 0 bridgehead atoms. The lowest BCUT2D eigenvalue weighted by Gasteiger charge is -2.12. The topological polar surface area (TPSA) is 121 Å². The average molecular weight is 399 g/mol. The van der Waals surface area contributed by atoms with Crippen LogP contribution in [0.25, 0.3) is 0 Å². The van der Waals surface area contributed by atoms with Crippen molar-refractivity contribution in [2.45, 2.75) is 109 Å². The van der Waals surface area contributed by atoms with Gasteiger partial charge in [-0.3, -0.25) is 14.4 Å². The third-order valence-corrected chi connectivity index (χ3v) is 4.71. The molecule has 1 atom stereocenters. The number of carboxylic acids is 2. The smallest absolute Gasteiger partial charge is 0.326 e. The molecule has 161 valence electrons. The van der Waals surface area contributed by atoms with E-state index in [1.165, 1.54) is 32.1 Å². The normalized spacial score (nSPS) is 11.7. The zero-order chi connectivity index (χ0) is 21.0. The van der Waals surface area contributed by atoms with Crippen molar-refractivity contribution in [1.29, 1.82) is 0 Å². The average Bonchev–Trinajstić information content (AvgIpc) is 2.64. The van der Waals surface area contributed by atoms with Gasteiger partial charge >= 0.3 is 11.9 Å². The molecular formula is C21H36NO6. The second-order valence-electron chi connectivity index (χ2n) is 7.28. The molecule has 0 aromatic heterocycles. The number of carbonyl (C=O) groups is 3. The Kier molecular flexibility index (Phi) is 17.2. The predicted octanol–water partition coefficient (Wildman–Crippen LogP) is 3.99. The first kappa shape index (κ1) is 26.1. The van der Waals surface area contributed by atoms with E-state index in [1.54, 1.807) is 6.29 Å². The predicted molar refractivity (Wildman–Crippen MR) is 107 cm³/mol. The third kappa shape index (κ3) is 17.5. The van der Waals surface area contributed by atoms with Gasteiger partial charge in [-0.05, 0) is 19.3 Å². The molecule has 3 N–H and O–H groups in total. The highest BCUT2D eigenvalue weighted by Crippen LogP contribution is 2.13. The Morgan fingerprint density at radius 3 is 1.54 bits per heavy atom. The number of hydrogen-bond donors (Lipinski definition) is 3. The largest absolute Gasteiger partial charge is 0.481 e. The van der Waals surface area contributed by atoms with Crippen LogP contribution in [0.4, 0.5) is 0 Å². The molecule has 0 aliphatic rings. The Morgan fingerprint density at radius 2 is 1.14 bits per heavy atom. The molecular weight excluding hydrogens is 362 g/mol. The van der Waals surface area contributed by atoms with Gasteiger partial charge in [0.1, 0.15) is 6.04 Å². The lowest BCUT2D eigenvalue weighted by molar-refractivity contribution is -0.142. The molecule has 7 nitrogen and oxygen atoms in total. The third-order valence-electron chi connectivity index (χ3n) is 4.71. The van der Waals surface area contributed by atoms with Crippen LogP contribution in [-0.4, -0.2) is 40.4 Å². The summed E-state index contributed by atoms with van der Waals surface area (Å²) in [5.41, 5.74) is 0. The van der Waals surface area contributed by atoms with E-state index < -0.39 is 18.0 Å². The molecule has 0 spiro atoms. The Morgan fingerprint density at radius 1 is 0.714 bits per heavy atom. The molecule has 1 radical (unpaired) electrons. The number of amides is 1. The van der Waals surface area contributed by atoms with Gasteiger partial charge in [-0.15, -0.1) is 0 Å². The van der Waals surface area contributed by atoms with E-state index in [9.17, 15) is 19.2 Å². The van der Waals surface area contributed by atoms with E-state index in [4.69, 9.17) is 10.2 Å². The molecule has 0 fully saturated rings. The van der Waals surface area contributed by atoms with Crippen LogP contribution in [0.3, 0.4) is 0 Å². The number of carbonyl (C=O) groups excluding carboxylic acids is 2. The Labute approximate surface area is 168 Å². The van der Waals surface area contributed by atoms with E-state index in [0.717, 1.165) is 44.9 Å². The van der Waals surface area contributed by atoms with Crippen LogP contribution < -0.4 is 5.32 Å². The van der Waals surface area contributed by atoms with Gasteiger partial charge in [0, 0.05) is 19.3 Å². The quantitative estimate of drug-likeness (QED) is 0.267. The minimum atomic E-state index is -1.12. The van der Waals surface area contributed by atoms with Crippen molar-refractivity contribution in [2.75, 3.05) is 0 Å². The first-order chi connectivity index (χ1) is 13.5. The van der Waals surface area contributed by atoms with Crippen LogP contribution in [-0.2, 0) is 19.2 Å². The Bertz CT molecular complexity index is 452. The Hall–Kier alpha value is -1.92. The van der Waals surface area contributed by atoms with Crippen molar-refractivity contribution in [3.8, 4) is 0 Å². The highest BCUT2D eigenvalue weighted by molar-refractivity contribution is 5.83. The summed E-state index contributed by atoms with van der Waals surface area (Å²) < 4.78 is 0. The fourth-order valence-corrected chi connectivity index (χ4v) is 3.06. The van der Waals surface area contributed by atoms with Crippen molar-refractivity contribution in [2.24, 2.45) is 0 Å². The maximum absolute atomic E-state index is 11.8. The van der Waals surface area contributed by atoms with Gasteiger partial charge < -0.3 is 15.5 Å². The van der Waals surface area contributed by atoms with Crippen LogP contribution in [0.2, 0.25) is 0 Å². The van der Waals surface area contributed by atoms with Crippen LogP contribution >= 0.6 is 0 Å². The summed E-state index contributed by atoms with van der Waals surface area (Å²) in [6, 6.07) is -1.01. The van der Waals surface area contributed by atoms with Crippen molar-refractivity contribution in [3.05, 3.63) is 0 Å². The summed E-state index contributed by atoms with van der Waals surface area (Å²) in [4.78, 5) is 43.3. The highest BCUT2D eigenvalue weighted by atomic mass is 16.4. The summed E-state index contributed by atoms with van der Waals surface area (Å²) in [6.07, 6.45) is 15.1. The molecule has 7 heteroatoms. The number of aliphatic carboxylic acids is 2. The number of hydrogen-bond acceptors (Lipinski definition) is 4. The fraction of sp³-hybridized carbons (Fsp3) is 0.810. The summed E-state index contributed by atoms with van der Waals surface area (Å²) in [6.45, 7) is 0. The van der Waals surface area contributed by atoms with Crippen LogP contribution in [0, 0.1) is 0 Å². The zero-order valence-electron chi connectivity index (χ0n) is 16.9. The van der Waals surface area contributed by atoms with Gasteiger partial charge in [-0.1, -0.05) is 64.2 Å². The molecule has 28 heavy (non-hydrogen) atoms. The van der Waals surface area contributed by atoms with E-state index in [1.807, 2.05) is 0 Å². The molecule has 1 amide bonds. The van der Waals surface area contributed by atoms with Gasteiger partial charge in [0.05, 0.1) is 0 Å². The zero-order valence-corrected chi connectivity index (χ0v) is 16.9. The molecule has 0 saturated heterocycles.